The molecule has 2 N–H and O–H groups in total. The van der Waals surface area contributed by atoms with Gasteiger partial charge in [0.1, 0.15) is 5.82 Å². The van der Waals surface area contributed by atoms with E-state index in [1.54, 1.807) is 36.3 Å². The number of nitrogens with two attached hydrogens (primary N) is 1. The molecule has 0 aliphatic carbocycles. The number of hydrogen-bond acceptors (Lipinski definition) is 2. The summed E-state index contributed by atoms with van der Waals surface area (Å²) in [6, 6.07) is 4.30. The lowest BCUT2D eigenvalue weighted by Gasteiger charge is -2.12. The Morgan fingerprint density at radius 1 is 1.50 bits per heavy atom. The minimum atomic E-state index is -0.510. The van der Waals surface area contributed by atoms with Gasteiger partial charge in [0, 0.05) is 28.8 Å². The second kappa shape index (κ2) is 4.35. The van der Waals surface area contributed by atoms with Crippen molar-refractivity contribution in [2.45, 2.75) is 6.04 Å². The molecule has 1 unspecified atom stereocenters. The quantitative estimate of drug-likeness (QED) is 0.920. The summed E-state index contributed by atoms with van der Waals surface area (Å²) in [5.41, 5.74) is 7.25. The van der Waals surface area contributed by atoms with E-state index in [0.29, 0.717) is 10.0 Å². The molecule has 0 aliphatic heterocycles. The van der Waals surface area contributed by atoms with Crippen molar-refractivity contribution >= 4 is 15.9 Å². The summed E-state index contributed by atoms with van der Waals surface area (Å²) < 4.78 is 16.0. The van der Waals surface area contributed by atoms with E-state index < -0.39 is 6.04 Å². The van der Waals surface area contributed by atoms with Crippen molar-refractivity contribution in [2.75, 3.05) is 0 Å². The molecule has 0 amide bonds. The summed E-state index contributed by atoms with van der Waals surface area (Å²) in [5.74, 6) is -0.314. The molecule has 3 nitrogen and oxygen atoms in total. The van der Waals surface area contributed by atoms with Crippen LogP contribution in [0.25, 0.3) is 0 Å². The molecule has 5 heteroatoms. The van der Waals surface area contributed by atoms with E-state index in [0.717, 1.165) is 5.56 Å². The zero-order valence-corrected chi connectivity index (χ0v) is 10.3. The zero-order valence-electron chi connectivity index (χ0n) is 8.69. The lowest BCUT2D eigenvalue weighted by Crippen LogP contribution is -2.13. The third-order valence-electron chi connectivity index (χ3n) is 2.39. The Kier molecular flexibility index (Phi) is 3.07. The van der Waals surface area contributed by atoms with Gasteiger partial charge in [-0.25, -0.2) is 4.39 Å². The number of aromatic nitrogens is 2. The van der Waals surface area contributed by atoms with E-state index in [1.165, 1.54) is 6.07 Å². The van der Waals surface area contributed by atoms with Gasteiger partial charge in [0.05, 0.1) is 12.2 Å². The van der Waals surface area contributed by atoms with Crippen LogP contribution in [0, 0.1) is 5.82 Å². The molecule has 0 aliphatic rings. The number of hydrogen-bond donors (Lipinski definition) is 1. The molecule has 0 bridgehead atoms. The molecule has 1 atom stereocenters. The highest BCUT2D eigenvalue weighted by molar-refractivity contribution is 9.10. The Morgan fingerprint density at radius 2 is 2.25 bits per heavy atom. The molecule has 16 heavy (non-hydrogen) atoms. The van der Waals surface area contributed by atoms with Crippen molar-refractivity contribution in [3.8, 4) is 0 Å². The highest BCUT2D eigenvalue weighted by Gasteiger charge is 2.17. The summed E-state index contributed by atoms with van der Waals surface area (Å²) in [6.45, 7) is 0. The molecule has 0 spiro atoms. The molecule has 1 heterocycles. The highest BCUT2D eigenvalue weighted by Crippen LogP contribution is 2.28. The SMILES string of the molecule is Cn1cc(C(N)c2c(F)cccc2Br)cn1. The smallest absolute Gasteiger partial charge is 0.129 e. The van der Waals surface area contributed by atoms with Crippen molar-refractivity contribution in [3.05, 3.63) is 52.0 Å². The van der Waals surface area contributed by atoms with E-state index >= 15 is 0 Å². The van der Waals surface area contributed by atoms with Gasteiger partial charge < -0.3 is 5.73 Å². The van der Waals surface area contributed by atoms with Crippen LogP contribution in [0.2, 0.25) is 0 Å². The molecule has 2 aromatic rings. The van der Waals surface area contributed by atoms with E-state index in [2.05, 4.69) is 21.0 Å². The van der Waals surface area contributed by atoms with Crippen molar-refractivity contribution in [2.24, 2.45) is 12.8 Å². The Bertz CT molecular complexity index is 489. The standard InChI is InChI=1S/C11H11BrFN3/c1-16-6-7(5-15-16)11(14)10-8(12)3-2-4-9(10)13/h2-6,11H,14H2,1H3. The first-order valence-corrected chi connectivity index (χ1v) is 5.57. The fourth-order valence-electron chi connectivity index (χ4n) is 1.58. The predicted octanol–water partition coefficient (Wildman–Crippen LogP) is 2.37. The first-order valence-electron chi connectivity index (χ1n) is 4.77. The van der Waals surface area contributed by atoms with Crippen LogP contribution in [0.3, 0.4) is 0 Å². The Morgan fingerprint density at radius 3 is 2.81 bits per heavy atom. The second-order valence-corrected chi connectivity index (χ2v) is 4.41. The van der Waals surface area contributed by atoms with E-state index in [9.17, 15) is 4.39 Å². The summed E-state index contributed by atoms with van der Waals surface area (Å²) >= 11 is 3.30. The molecule has 1 aromatic carbocycles. The molecular weight excluding hydrogens is 273 g/mol. The maximum absolute atomic E-state index is 13.7. The predicted molar refractivity (Wildman–Crippen MR) is 63.3 cm³/mol. The normalized spacial score (nSPS) is 12.8. The van der Waals surface area contributed by atoms with Crippen LogP contribution in [0.4, 0.5) is 4.39 Å². The third kappa shape index (κ3) is 2.01. The molecule has 84 valence electrons. The lowest BCUT2D eigenvalue weighted by atomic mass is 10.0. The van der Waals surface area contributed by atoms with Crippen LogP contribution < -0.4 is 5.73 Å². The van der Waals surface area contributed by atoms with E-state index in [4.69, 9.17) is 5.73 Å². The summed E-state index contributed by atoms with van der Waals surface area (Å²) in [6.07, 6.45) is 3.42. The third-order valence-corrected chi connectivity index (χ3v) is 3.09. The lowest BCUT2D eigenvalue weighted by molar-refractivity contribution is 0.597. The van der Waals surface area contributed by atoms with Gasteiger partial charge >= 0.3 is 0 Å². The number of nitrogens with zero attached hydrogens (tertiary/aromatic N) is 2. The van der Waals surface area contributed by atoms with Gasteiger partial charge in [0.2, 0.25) is 0 Å². The van der Waals surface area contributed by atoms with Crippen LogP contribution in [0.5, 0.6) is 0 Å². The molecule has 0 saturated carbocycles. The number of benzene rings is 1. The summed E-state index contributed by atoms with van der Waals surface area (Å²) in [4.78, 5) is 0. The fraction of sp³-hybridized carbons (Fsp3) is 0.182. The minimum absolute atomic E-state index is 0.314. The molecule has 0 saturated heterocycles. The Hall–Kier alpha value is -1.20. The van der Waals surface area contributed by atoms with Crippen LogP contribution in [0.15, 0.2) is 35.1 Å². The topological polar surface area (TPSA) is 43.8 Å². The monoisotopic (exact) mass is 283 g/mol. The van der Waals surface area contributed by atoms with Crippen LogP contribution in [0.1, 0.15) is 17.2 Å². The van der Waals surface area contributed by atoms with Crippen molar-refractivity contribution in [1.82, 2.24) is 9.78 Å². The maximum atomic E-state index is 13.7. The van der Waals surface area contributed by atoms with Crippen LogP contribution in [-0.2, 0) is 7.05 Å². The molecular formula is C11H11BrFN3. The van der Waals surface area contributed by atoms with Gasteiger partial charge in [-0.05, 0) is 12.1 Å². The van der Waals surface area contributed by atoms with Gasteiger partial charge in [0.25, 0.3) is 0 Å². The molecule has 0 fully saturated rings. The van der Waals surface area contributed by atoms with Crippen LogP contribution in [-0.4, -0.2) is 9.78 Å². The zero-order chi connectivity index (χ0) is 11.7. The van der Waals surface area contributed by atoms with Crippen LogP contribution >= 0.6 is 15.9 Å². The van der Waals surface area contributed by atoms with Gasteiger partial charge in [-0.3, -0.25) is 4.68 Å². The molecule has 1 aromatic heterocycles. The number of halogens is 2. The first-order chi connectivity index (χ1) is 7.59. The largest absolute Gasteiger partial charge is 0.320 e. The van der Waals surface area contributed by atoms with Crippen molar-refractivity contribution in [1.29, 1.82) is 0 Å². The highest BCUT2D eigenvalue weighted by atomic mass is 79.9. The minimum Gasteiger partial charge on any atom is -0.320 e. The van der Waals surface area contributed by atoms with E-state index in [-0.39, 0.29) is 5.82 Å². The maximum Gasteiger partial charge on any atom is 0.129 e. The van der Waals surface area contributed by atoms with Gasteiger partial charge in [-0.1, -0.05) is 22.0 Å². The average Bonchev–Trinajstić information content (AvgIpc) is 2.64. The molecule has 0 radical (unpaired) electrons. The number of aryl methyl sites for hydroxylation is 1. The summed E-state index contributed by atoms with van der Waals surface area (Å²) in [5, 5.41) is 4.02. The Balaban J connectivity index is 2.45. The van der Waals surface area contributed by atoms with E-state index in [1.807, 2.05) is 0 Å². The second-order valence-electron chi connectivity index (χ2n) is 3.56. The number of rotatable bonds is 2. The van der Waals surface area contributed by atoms with Crippen molar-refractivity contribution < 1.29 is 4.39 Å². The fourth-order valence-corrected chi connectivity index (χ4v) is 2.16. The van der Waals surface area contributed by atoms with Gasteiger partial charge in [-0.2, -0.15) is 5.10 Å². The van der Waals surface area contributed by atoms with Crippen molar-refractivity contribution in [3.63, 3.8) is 0 Å². The summed E-state index contributed by atoms with van der Waals surface area (Å²) in [7, 11) is 1.80. The molecule has 2 rings (SSSR count). The first kappa shape index (κ1) is 11.3. The van der Waals surface area contributed by atoms with Gasteiger partial charge in [0.15, 0.2) is 0 Å². The van der Waals surface area contributed by atoms with Gasteiger partial charge in [-0.15, -0.1) is 0 Å². The Labute approximate surface area is 101 Å². The average molecular weight is 284 g/mol.